The number of rotatable bonds is 6. The van der Waals surface area contributed by atoms with Crippen molar-refractivity contribution in [1.82, 2.24) is 9.80 Å². The number of ether oxygens (including phenoxy) is 4. The minimum atomic E-state index is 0.00509. The van der Waals surface area contributed by atoms with E-state index in [0.717, 1.165) is 72.0 Å². The lowest BCUT2D eigenvalue weighted by atomic mass is 9.98. The topological polar surface area (TPSA) is 43.4 Å². The fourth-order valence-electron chi connectivity index (χ4n) is 3.59. The van der Waals surface area contributed by atoms with Gasteiger partial charge in [0.15, 0.2) is 12.6 Å². The summed E-state index contributed by atoms with van der Waals surface area (Å²) in [6.07, 6.45) is 1.95. The molecule has 3 aliphatic rings. The van der Waals surface area contributed by atoms with Gasteiger partial charge in [-0.2, -0.15) is 0 Å². The summed E-state index contributed by atoms with van der Waals surface area (Å²) < 4.78 is 22.1. The van der Waals surface area contributed by atoms with E-state index in [0.29, 0.717) is 0 Å². The number of hydrogen-bond acceptors (Lipinski definition) is 6. The second-order valence-corrected chi connectivity index (χ2v) is 7.00. The van der Waals surface area contributed by atoms with E-state index in [9.17, 15) is 0 Å². The summed E-state index contributed by atoms with van der Waals surface area (Å²) in [4.78, 5) is 5.10. The molecule has 6 heteroatoms. The van der Waals surface area contributed by atoms with Crippen molar-refractivity contribution in [2.45, 2.75) is 44.8 Å². The van der Waals surface area contributed by atoms with Gasteiger partial charge in [0.25, 0.3) is 0 Å². The van der Waals surface area contributed by atoms with Crippen LogP contribution < -0.4 is 0 Å². The van der Waals surface area contributed by atoms with Crippen LogP contribution in [-0.4, -0.2) is 87.1 Å². The fourth-order valence-corrected chi connectivity index (χ4v) is 3.59. The molecule has 0 radical (unpaired) electrons. The fraction of sp³-hybridized carbons (Fsp3) is 1.00. The van der Waals surface area contributed by atoms with E-state index in [2.05, 4.69) is 23.6 Å². The summed E-state index contributed by atoms with van der Waals surface area (Å²) in [5.41, 5.74) is 0.189. The Bertz CT molecular complexity index is 341. The Morgan fingerprint density at radius 2 is 1.36 bits per heavy atom. The van der Waals surface area contributed by atoms with E-state index >= 15 is 0 Å². The Morgan fingerprint density at radius 3 is 1.91 bits per heavy atom. The van der Waals surface area contributed by atoms with Gasteiger partial charge in [-0.25, -0.2) is 0 Å². The van der Waals surface area contributed by atoms with Crippen LogP contribution >= 0.6 is 0 Å². The van der Waals surface area contributed by atoms with Crippen molar-refractivity contribution in [3.63, 3.8) is 0 Å². The molecule has 3 aliphatic heterocycles. The van der Waals surface area contributed by atoms with E-state index < -0.39 is 0 Å². The molecule has 0 aromatic rings. The Morgan fingerprint density at radius 1 is 0.818 bits per heavy atom. The maximum absolute atomic E-state index is 5.54. The summed E-state index contributed by atoms with van der Waals surface area (Å²) >= 11 is 0. The first-order chi connectivity index (χ1) is 10.6. The quantitative estimate of drug-likeness (QED) is 0.726. The Kier molecular flexibility index (Phi) is 5.70. The van der Waals surface area contributed by atoms with Crippen LogP contribution in [0.2, 0.25) is 0 Å². The van der Waals surface area contributed by atoms with Gasteiger partial charge in [0.05, 0.1) is 26.4 Å². The molecule has 6 nitrogen and oxygen atoms in total. The molecule has 128 valence electrons. The summed E-state index contributed by atoms with van der Waals surface area (Å²) in [6, 6.07) is 0. The lowest BCUT2D eigenvalue weighted by molar-refractivity contribution is -0.0705. The van der Waals surface area contributed by atoms with Gasteiger partial charge in [0.1, 0.15) is 0 Å². The number of piperazine rings is 1. The maximum Gasteiger partial charge on any atom is 0.159 e. The lowest BCUT2D eigenvalue weighted by Crippen LogP contribution is -2.59. The van der Waals surface area contributed by atoms with E-state index in [1.165, 1.54) is 0 Å². The molecule has 3 heterocycles. The molecular weight excluding hydrogens is 284 g/mol. The highest BCUT2D eigenvalue weighted by Gasteiger charge is 2.34. The summed E-state index contributed by atoms with van der Waals surface area (Å²) in [5, 5.41) is 0. The Balaban J connectivity index is 1.40. The molecule has 0 bridgehead atoms. The van der Waals surface area contributed by atoms with Crippen LogP contribution in [0.5, 0.6) is 0 Å². The molecule has 0 unspecified atom stereocenters. The molecule has 3 saturated heterocycles. The minimum Gasteiger partial charge on any atom is -0.350 e. The Hall–Kier alpha value is -0.240. The standard InChI is InChI=1S/C16H30N2O4/c1-16(2)13-17(5-3-14-19-9-10-20-14)7-8-18(16)6-4-15-21-11-12-22-15/h14-15H,3-13H2,1-2H3. The third-order valence-corrected chi connectivity index (χ3v) is 4.85. The highest BCUT2D eigenvalue weighted by molar-refractivity contribution is 4.90. The summed E-state index contributed by atoms with van der Waals surface area (Å²) in [6.45, 7) is 13.0. The lowest BCUT2D eigenvalue weighted by Gasteiger charge is -2.47. The van der Waals surface area contributed by atoms with Gasteiger partial charge in [-0.3, -0.25) is 4.90 Å². The van der Waals surface area contributed by atoms with Crippen LogP contribution in [0.3, 0.4) is 0 Å². The zero-order chi connectivity index (χ0) is 15.4. The molecule has 3 fully saturated rings. The van der Waals surface area contributed by atoms with Crippen LogP contribution in [0.4, 0.5) is 0 Å². The van der Waals surface area contributed by atoms with Crippen molar-refractivity contribution >= 4 is 0 Å². The third kappa shape index (κ3) is 4.40. The van der Waals surface area contributed by atoms with Gasteiger partial charge in [0.2, 0.25) is 0 Å². The predicted octanol–water partition coefficient (Wildman–Crippen LogP) is 0.909. The van der Waals surface area contributed by atoms with E-state index in [-0.39, 0.29) is 18.1 Å². The average molecular weight is 314 g/mol. The smallest absolute Gasteiger partial charge is 0.159 e. The van der Waals surface area contributed by atoms with E-state index in [1.807, 2.05) is 0 Å². The molecular formula is C16H30N2O4. The highest BCUT2D eigenvalue weighted by atomic mass is 16.7. The van der Waals surface area contributed by atoms with Crippen molar-refractivity contribution < 1.29 is 18.9 Å². The Labute approximate surface area is 133 Å². The van der Waals surface area contributed by atoms with Crippen LogP contribution in [0.25, 0.3) is 0 Å². The summed E-state index contributed by atoms with van der Waals surface area (Å²) in [7, 11) is 0. The van der Waals surface area contributed by atoms with Gasteiger partial charge in [-0.05, 0) is 13.8 Å². The first kappa shape index (κ1) is 16.6. The number of nitrogens with zero attached hydrogens (tertiary/aromatic N) is 2. The highest BCUT2D eigenvalue weighted by Crippen LogP contribution is 2.23. The molecule has 0 aromatic heterocycles. The van der Waals surface area contributed by atoms with Gasteiger partial charge >= 0.3 is 0 Å². The van der Waals surface area contributed by atoms with Crippen molar-refractivity contribution in [1.29, 1.82) is 0 Å². The first-order valence-electron chi connectivity index (χ1n) is 8.57. The van der Waals surface area contributed by atoms with Crippen LogP contribution in [0, 0.1) is 0 Å². The van der Waals surface area contributed by atoms with Crippen molar-refractivity contribution in [2.75, 3.05) is 59.2 Å². The van der Waals surface area contributed by atoms with Crippen molar-refractivity contribution in [3.05, 3.63) is 0 Å². The first-order valence-corrected chi connectivity index (χ1v) is 8.57. The zero-order valence-electron chi connectivity index (χ0n) is 14.0. The molecule has 22 heavy (non-hydrogen) atoms. The monoisotopic (exact) mass is 314 g/mol. The second kappa shape index (κ2) is 7.55. The summed E-state index contributed by atoms with van der Waals surface area (Å²) in [5.74, 6) is 0. The minimum absolute atomic E-state index is 0.00509. The third-order valence-electron chi connectivity index (χ3n) is 4.85. The SMILES string of the molecule is CC1(C)CN(CCC2OCCO2)CCN1CCC1OCCO1. The molecule has 0 aliphatic carbocycles. The van der Waals surface area contributed by atoms with Crippen LogP contribution in [0.15, 0.2) is 0 Å². The molecule has 0 spiro atoms. The van der Waals surface area contributed by atoms with Gasteiger partial charge in [0, 0.05) is 51.1 Å². The van der Waals surface area contributed by atoms with Gasteiger partial charge < -0.3 is 23.8 Å². The molecule has 0 N–H and O–H groups in total. The molecule has 0 aromatic carbocycles. The maximum atomic E-state index is 5.54. The second-order valence-electron chi connectivity index (χ2n) is 7.00. The molecule has 3 rings (SSSR count). The average Bonchev–Trinajstić information content (AvgIpc) is 3.16. The largest absolute Gasteiger partial charge is 0.350 e. The van der Waals surface area contributed by atoms with Crippen LogP contribution in [-0.2, 0) is 18.9 Å². The van der Waals surface area contributed by atoms with Crippen molar-refractivity contribution in [3.8, 4) is 0 Å². The van der Waals surface area contributed by atoms with E-state index in [1.54, 1.807) is 0 Å². The van der Waals surface area contributed by atoms with Gasteiger partial charge in [-0.1, -0.05) is 0 Å². The van der Waals surface area contributed by atoms with Crippen LogP contribution in [0.1, 0.15) is 26.7 Å². The molecule has 0 saturated carbocycles. The predicted molar refractivity (Wildman–Crippen MR) is 82.7 cm³/mol. The van der Waals surface area contributed by atoms with Crippen molar-refractivity contribution in [2.24, 2.45) is 0 Å². The molecule has 0 atom stereocenters. The number of hydrogen-bond donors (Lipinski definition) is 0. The molecule has 0 amide bonds. The zero-order valence-corrected chi connectivity index (χ0v) is 14.0. The normalized spacial score (nSPS) is 28.6. The van der Waals surface area contributed by atoms with E-state index in [4.69, 9.17) is 18.9 Å². The van der Waals surface area contributed by atoms with Gasteiger partial charge in [-0.15, -0.1) is 0 Å².